The Morgan fingerprint density at radius 1 is 1.21 bits per heavy atom. The van der Waals surface area contributed by atoms with Gasteiger partial charge in [-0.1, -0.05) is 35.9 Å². The lowest BCUT2D eigenvalue weighted by Gasteiger charge is -2.23. The van der Waals surface area contributed by atoms with Crippen LogP contribution in [0.5, 0.6) is 0 Å². The number of carbonyl (C=O) groups excluding carboxylic acids is 2. The van der Waals surface area contributed by atoms with Crippen molar-refractivity contribution in [1.82, 2.24) is 0 Å². The summed E-state index contributed by atoms with van der Waals surface area (Å²) in [6, 6.07) is 13.6. The molecule has 0 unspecified atom stereocenters. The molecule has 1 amide bonds. The molecule has 124 valence electrons. The van der Waals surface area contributed by atoms with Gasteiger partial charge in [0.05, 0.1) is 17.4 Å². The lowest BCUT2D eigenvalue weighted by atomic mass is 10.1. The summed E-state index contributed by atoms with van der Waals surface area (Å²) >= 11 is 1.41. The molecule has 0 fully saturated rings. The molecule has 1 aliphatic rings. The van der Waals surface area contributed by atoms with Crippen molar-refractivity contribution in [3.63, 3.8) is 0 Å². The van der Waals surface area contributed by atoms with Gasteiger partial charge in [0.25, 0.3) is 0 Å². The van der Waals surface area contributed by atoms with Crippen LogP contribution in [0.1, 0.15) is 23.1 Å². The van der Waals surface area contributed by atoms with E-state index >= 15 is 0 Å². The number of benzene rings is 2. The molecular weight excluding hydrogens is 322 g/mol. The Kier molecular flexibility index (Phi) is 4.90. The van der Waals surface area contributed by atoms with E-state index in [1.54, 1.807) is 0 Å². The number of esters is 1. The van der Waals surface area contributed by atoms with E-state index in [1.165, 1.54) is 11.8 Å². The second-order valence-electron chi connectivity index (χ2n) is 5.89. The number of thioether (sulfide) groups is 1. The first-order valence-corrected chi connectivity index (χ1v) is 8.69. The Morgan fingerprint density at radius 2 is 2.00 bits per heavy atom. The number of carbonyl (C=O) groups is 2. The van der Waals surface area contributed by atoms with E-state index in [2.05, 4.69) is 5.32 Å². The number of amides is 1. The van der Waals surface area contributed by atoms with Gasteiger partial charge in [-0.2, -0.15) is 0 Å². The number of nitrogens with one attached hydrogen (secondary N) is 1. The van der Waals surface area contributed by atoms with Crippen molar-refractivity contribution in [1.29, 1.82) is 0 Å². The standard InChI is InChI=1S/C19H19NO3S/c1-12-7-8-13(2)14(9-12)11-23-18(21)10-17-19(22)20-15-5-3-4-6-16(15)24-17/h3-9,17H,10-11H2,1-2H3,(H,20,22)/t17-/m0/s1. The van der Waals surface area contributed by atoms with Crippen LogP contribution in [0.4, 0.5) is 5.69 Å². The molecule has 1 N–H and O–H groups in total. The molecule has 0 spiro atoms. The predicted octanol–water partition coefficient (Wildman–Crippen LogP) is 3.85. The maximum atomic E-state index is 12.1. The largest absolute Gasteiger partial charge is 0.461 e. The van der Waals surface area contributed by atoms with Gasteiger partial charge in [0.15, 0.2) is 0 Å². The maximum absolute atomic E-state index is 12.1. The highest BCUT2D eigenvalue weighted by molar-refractivity contribution is 8.01. The highest BCUT2D eigenvalue weighted by Crippen LogP contribution is 2.36. The summed E-state index contributed by atoms with van der Waals surface area (Å²) in [5.74, 6) is -0.509. The van der Waals surface area contributed by atoms with Crippen LogP contribution < -0.4 is 5.32 Å². The van der Waals surface area contributed by atoms with Crippen molar-refractivity contribution in [2.45, 2.75) is 37.0 Å². The summed E-state index contributed by atoms with van der Waals surface area (Å²) in [6.07, 6.45) is 0.0652. The Balaban J connectivity index is 1.59. The maximum Gasteiger partial charge on any atom is 0.307 e. The number of aryl methyl sites for hydroxylation is 2. The quantitative estimate of drug-likeness (QED) is 0.858. The molecule has 1 atom stereocenters. The zero-order valence-corrected chi connectivity index (χ0v) is 14.5. The number of para-hydroxylation sites is 1. The number of anilines is 1. The van der Waals surface area contributed by atoms with Crippen molar-refractivity contribution in [2.24, 2.45) is 0 Å². The fourth-order valence-electron chi connectivity index (χ4n) is 2.55. The molecule has 0 saturated heterocycles. The molecule has 2 aromatic rings. The molecule has 5 heteroatoms. The average molecular weight is 341 g/mol. The smallest absolute Gasteiger partial charge is 0.307 e. The van der Waals surface area contributed by atoms with E-state index in [4.69, 9.17) is 4.74 Å². The highest BCUT2D eigenvalue weighted by Gasteiger charge is 2.29. The molecule has 0 radical (unpaired) electrons. The van der Waals surface area contributed by atoms with Gasteiger partial charge in [0.2, 0.25) is 5.91 Å². The topological polar surface area (TPSA) is 55.4 Å². The van der Waals surface area contributed by atoms with Crippen LogP contribution >= 0.6 is 11.8 Å². The van der Waals surface area contributed by atoms with Gasteiger partial charge < -0.3 is 10.1 Å². The molecule has 2 aromatic carbocycles. The number of hydrogen-bond donors (Lipinski definition) is 1. The van der Waals surface area contributed by atoms with Crippen LogP contribution in [-0.4, -0.2) is 17.1 Å². The summed E-state index contributed by atoms with van der Waals surface area (Å²) in [5.41, 5.74) is 4.01. The predicted molar refractivity (Wildman–Crippen MR) is 95.0 cm³/mol. The van der Waals surface area contributed by atoms with E-state index in [9.17, 15) is 9.59 Å². The summed E-state index contributed by atoms with van der Waals surface area (Å²) in [4.78, 5) is 25.2. The van der Waals surface area contributed by atoms with Crippen molar-refractivity contribution < 1.29 is 14.3 Å². The monoisotopic (exact) mass is 341 g/mol. The zero-order valence-electron chi connectivity index (χ0n) is 13.7. The summed E-state index contributed by atoms with van der Waals surface area (Å²) in [7, 11) is 0. The van der Waals surface area contributed by atoms with Gasteiger partial charge in [-0.25, -0.2) is 0 Å². The van der Waals surface area contributed by atoms with Crippen molar-refractivity contribution in [3.05, 3.63) is 59.2 Å². The highest BCUT2D eigenvalue weighted by atomic mass is 32.2. The third kappa shape index (κ3) is 3.79. The van der Waals surface area contributed by atoms with E-state index in [0.717, 1.165) is 27.3 Å². The lowest BCUT2D eigenvalue weighted by molar-refractivity contribution is -0.145. The van der Waals surface area contributed by atoms with E-state index < -0.39 is 5.25 Å². The first kappa shape index (κ1) is 16.6. The van der Waals surface area contributed by atoms with Gasteiger partial charge in [-0.05, 0) is 37.1 Å². The van der Waals surface area contributed by atoms with Crippen LogP contribution in [0.3, 0.4) is 0 Å². The molecule has 1 heterocycles. The Morgan fingerprint density at radius 3 is 2.83 bits per heavy atom. The van der Waals surface area contributed by atoms with Crippen LogP contribution in [0.25, 0.3) is 0 Å². The molecule has 4 nitrogen and oxygen atoms in total. The minimum Gasteiger partial charge on any atom is -0.461 e. The summed E-state index contributed by atoms with van der Waals surface area (Å²) < 4.78 is 5.37. The summed E-state index contributed by atoms with van der Waals surface area (Å²) in [5, 5.41) is 2.39. The Bertz CT molecular complexity index is 788. The Labute approximate surface area is 145 Å². The lowest BCUT2D eigenvalue weighted by Crippen LogP contribution is -2.31. The van der Waals surface area contributed by atoms with E-state index in [0.29, 0.717) is 0 Å². The number of ether oxygens (including phenoxy) is 1. The minimum absolute atomic E-state index is 0.0652. The molecular formula is C19H19NO3S. The Hall–Kier alpha value is -2.27. The second-order valence-corrected chi connectivity index (χ2v) is 7.13. The fourth-order valence-corrected chi connectivity index (χ4v) is 3.65. The molecule has 1 aliphatic heterocycles. The van der Waals surface area contributed by atoms with Crippen molar-refractivity contribution >= 4 is 29.3 Å². The van der Waals surface area contributed by atoms with Crippen LogP contribution in [0.2, 0.25) is 0 Å². The average Bonchev–Trinajstić information content (AvgIpc) is 2.56. The first-order chi connectivity index (χ1) is 11.5. The third-order valence-electron chi connectivity index (χ3n) is 3.95. The van der Waals surface area contributed by atoms with Gasteiger partial charge in [0, 0.05) is 4.90 Å². The second kappa shape index (κ2) is 7.09. The van der Waals surface area contributed by atoms with E-state index in [1.807, 2.05) is 56.3 Å². The third-order valence-corrected chi connectivity index (χ3v) is 5.23. The van der Waals surface area contributed by atoms with Gasteiger partial charge in [-0.3, -0.25) is 9.59 Å². The molecule has 0 bridgehead atoms. The van der Waals surface area contributed by atoms with Crippen molar-refractivity contribution in [2.75, 3.05) is 5.32 Å². The van der Waals surface area contributed by atoms with Crippen LogP contribution in [0, 0.1) is 13.8 Å². The minimum atomic E-state index is -0.453. The normalized spacial score (nSPS) is 16.2. The first-order valence-electron chi connectivity index (χ1n) is 7.81. The van der Waals surface area contributed by atoms with Crippen molar-refractivity contribution in [3.8, 4) is 0 Å². The molecule has 0 aromatic heterocycles. The fraction of sp³-hybridized carbons (Fsp3) is 0.263. The van der Waals surface area contributed by atoms with Gasteiger partial charge in [0.1, 0.15) is 6.61 Å². The molecule has 3 rings (SSSR count). The number of hydrogen-bond acceptors (Lipinski definition) is 4. The number of rotatable bonds is 4. The van der Waals surface area contributed by atoms with Gasteiger partial charge in [-0.15, -0.1) is 11.8 Å². The molecule has 0 saturated carbocycles. The SMILES string of the molecule is Cc1ccc(C)c(COC(=O)C[C@@H]2Sc3ccccc3NC2=O)c1. The van der Waals surface area contributed by atoms with Crippen LogP contribution in [-0.2, 0) is 20.9 Å². The van der Waals surface area contributed by atoms with E-state index in [-0.39, 0.29) is 24.9 Å². The zero-order chi connectivity index (χ0) is 17.1. The molecule has 24 heavy (non-hydrogen) atoms. The van der Waals surface area contributed by atoms with Gasteiger partial charge >= 0.3 is 5.97 Å². The molecule has 0 aliphatic carbocycles. The number of fused-ring (bicyclic) bond motifs is 1. The van der Waals surface area contributed by atoms with Crippen LogP contribution in [0.15, 0.2) is 47.4 Å². The summed E-state index contributed by atoms with van der Waals surface area (Å²) in [6.45, 7) is 4.23.